The molecule has 5 N–H and O–H groups in total. The molecule has 0 unspecified atom stereocenters. The third kappa shape index (κ3) is 4.20. The van der Waals surface area contributed by atoms with Crippen LogP contribution in [0, 0.1) is 0 Å². The Balaban J connectivity index is 1.63. The second-order valence-corrected chi connectivity index (χ2v) is 7.38. The molecular weight excluding hydrogens is 494 g/mol. The minimum absolute atomic E-state index is 0.0112. The van der Waals surface area contributed by atoms with Crippen molar-refractivity contribution in [1.29, 1.82) is 0 Å². The zero-order valence-corrected chi connectivity index (χ0v) is 17.5. The highest BCUT2D eigenvalue weighted by atomic mass is 79.9. The number of nitrogens with zero attached hydrogens (tertiary/aromatic N) is 1. The summed E-state index contributed by atoms with van der Waals surface area (Å²) in [6, 6.07) is 13.7. The van der Waals surface area contributed by atoms with E-state index in [2.05, 4.69) is 47.7 Å². The standard InChI is InChI=1S/C19H15Br2N3O4/c20-15-17(26)13(18(27)16(21)19(15)28)8-23-24-14(25)9-22-12-6-5-10-3-1-2-4-11(10)7-12/h1-8,22,26-28H,9H2,(H,24,25)/b23-8+. The van der Waals surface area contributed by atoms with Gasteiger partial charge in [-0.2, -0.15) is 5.10 Å². The number of fused-ring (bicyclic) bond motifs is 1. The van der Waals surface area contributed by atoms with Crippen LogP contribution in [0.5, 0.6) is 17.2 Å². The monoisotopic (exact) mass is 507 g/mol. The number of hydrogen-bond donors (Lipinski definition) is 5. The van der Waals surface area contributed by atoms with Crippen LogP contribution in [-0.4, -0.2) is 34.0 Å². The number of halogens is 2. The van der Waals surface area contributed by atoms with Gasteiger partial charge in [0.2, 0.25) is 0 Å². The van der Waals surface area contributed by atoms with E-state index in [0.29, 0.717) is 0 Å². The van der Waals surface area contributed by atoms with E-state index in [9.17, 15) is 20.1 Å². The fourth-order valence-corrected chi connectivity index (χ4v) is 3.57. The summed E-state index contributed by atoms with van der Waals surface area (Å²) in [7, 11) is 0. The Morgan fingerprint density at radius 2 is 1.61 bits per heavy atom. The number of carbonyl (C=O) groups excluding carboxylic acids is 1. The summed E-state index contributed by atoms with van der Waals surface area (Å²) < 4.78 is -0.0224. The van der Waals surface area contributed by atoms with Crippen molar-refractivity contribution < 1.29 is 20.1 Å². The van der Waals surface area contributed by atoms with Gasteiger partial charge >= 0.3 is 0 Å². The van der Waals surface area contributed by atoms with Crippen molar-refractivity contribution in [3.8, 4) is 17.2 Å². The number of anilines is 1. The summed E-state index contributed by atoms with van der Waals surface area (Å²) in [4.78, 5) is 12.0. The number of rotatable bonds is 5. The van der Waals surface area contributed by atoms with Crippen molar-refractivity contribution in [2.24, 2.45) is 5.10 Å². The third-order valence-corrected chi connectivity index (χ3v) is 5.43. The predicted molar refractivity (Wildman–Crippen MR) is 115 cm³/mol. The summed E-state index contributed by atoms with van der Waals surface area (Å²) in [6.45, 7) is -0.0173. The van der Waals surface area contributed by atoms with Gasteiger partial charge in [0.05, 0.1) is 18.3 Å². The van der Waals surface area contributed by atoms with E-state index in [-0.39, 0.29) is 26.8 Å². The molecule has 7 nitrogen and oxygen atoms in total. The SMILES string of the molecule is O=C(CNc1ccc2ccccc2c1)N/N=C/c1c(O)c(Br)c(O)c(Br)c1O. The van der Waals surface area contributed by atoms with Crippen molar-refractivity contribution in [2.75, 3.05) is 11.9 Å². The maximum absolute atomic E-state index is 12.0. The molecule has 0 aliphatic heterocycles. The number of phenolic OH excluding ortho intramolecular Hbond substituents is 3. The highest BCUT2D eigenvalue weighted by molar-refractivity contribution is 9.11. The maximum Gasteiger partial charge on any atom is 0.259 e. The van der Waals surface area contributed by atoms with Crippen LogP contribution < -0.4 is 10.7 Å². The zero-order chi connectivity index (χ0) is 20.3. The molecule has 144 valence electrons. The highest BCUT2D eigenvalue weighted by Gasteiger charge is 2.19. The van der Waals surface area contributed by atoms with Crippen LogP contribution >= 0.6 is 31.9 Å². The summed E-state index contributed by atoms with van der Waals surface area (Å²) in [5.74, 6) is -1.59. The Kier molecular flexibility index (Phi) is 6.05. The van der Waals surface area contributed by atoms with Gasteiger partial charge in [-0.1, -0.05) is 30.3 Å². The molecular formula is C19H15Br2N3O4. The number of hydrogen-bond acceptors (Lipinski definition) is 6. The van der Waals surface area contributed by atoms with Crippen LogP contribution in [-0.2, 0) is 4.79 Å². The molecule has 0 spiro atoms. The van der Waals surface area contributed by atoms with Crippen molar-refractivity contribution in [3.63, 3.8) is 0 Å². The molecule has 3 rings (SSSR count). The van der Waals surface area contributed by atoms with Crippen LogP contribution in [0.15, 0.2) is 56.5 Å². The number of carbonyl (C=O) groups is 1. The molecule has 0 fully saturated rings. The Hall–Kier alpha value is -2.78. The normalized spacial score (nSPS) is 11.1. The first kappa shape index (κ1) is 20.0. The van der Waals surface area contributed by atoms with Crippen molar-refractivity contribution in [1.82, 2.24) is 5.43 Å². The molecule has 0 saturated heterocycles. The second kappa shape index (κ2) is 8.49. The molecule has 0 atom stereocenters. The first-order valence-corrected chi connectivity index (χ1v) is 9.63. The molecule has 3 aromatic carbocycles. The molecule has 28 heavy (non-hydrogen) atoms. The lowest BCUT2D eigenvalue weighted by Gasteiger charge is -2.09. The van der Waals surface area contributed by atoms with Crippen LogP contribution in [0.4, 0.5) is 5.69 Å². The van der Waals surface area contributed by atoms with Gasteiger partial charge in [-0.25, -0.2) is 5.43 Å². The maximum atomic E-state index is 12.0. The van der Waals surface area contributed by atoms with Gasteiger partial charge in [0.25, 0.3) is 5.91 Å². The molecule has 1 amide bonds. The van der Waals surface area contributed by atoms with Gasteiger partial charge in [-0.3, -0.25) is 4.79 Å². The predicted octanol–water partition coefficient (Wildman–Crippen LogP) is 4.04. The van der Waals surface area contributed by atoms with Gasteiger partial charge in [0.15, 0.2) is 5.75 Å². The fraction of sp³-hybridized carbons (Fsp3) is 0.0526. The number of hydrazone groups is 1. The second-order valence-electron chi connectivity index (χ2n) is 5.80. The Labute approximate surface area is 177 Å². The molecule has 0 radical (unpaired) electrons. The van der Waals surface area contributed by atoms with Crippen LogP contribution in [0.2, 0.25) is 0 Å². The van der Waals surface area contributed by atoms with E-state index < -0.39 is 17.4 Å². The summed E-state index contributed by atoms with van der Waals surface area (Å²) in [6.07, 6.45) is 1.08. The molecule has 0 saturated carbocycles. The number of phenols is 3. The minimum Gasteiger partial charge on any atom is -0.506 e. The van der Waals surface area contributed by atoms with E-state index in [0.717, 1.165) is 22.7 Å². The quantitative estimate of drug-likeness (QED) is 0.263. The molecule has 0 aliphatic carbocycles. The molecule has 0 heterocycles. The Morgan fingerprint density at radius 1 is 0.964 bits per heavy atom. The van der Waals surface area contributed by atoms with E-state index >= 15 is 0 Å². The van der Waals surface area contributed by atoms with Gasteiger partial charge < -0.3 is 20.6 Å². The van der Waals surface area contributed by atoms with Crippen LogP contribution in [0.25, 0.3) is 10.8 Å². The third-order valence-electron chi connectivity index (χ3n) is 3.93. The van der Waals surface area contributed by atoms with Crippen LogP contribution in [0.1, 0.15) is 5.56 Å². The van der Waals surface area contributed by atoms with E-state index in [1.54, 1.807) is 0 Å². The first-order chi connectivity index (χ1) is 13.4. The van der Waals surface area contributed by atoms with E-state index in [1.807, 2.05) is 42.5 Å². The van der Waals surface area contributed by atoms with Gasteiger partial charge in [-0.05, 0) is 54.8 Å². The van der Waals surface area contributed by atoms with Crippen molar-refractivity contribution >= 4 is 60.4 Å². The fourth-order valence-electron chi connectivity index (χ4n) is 2.48. The summed E-state index contributed by atoms with van der Waals surface area (Å²) >= 11 is 6.01. The zero-order valence-electron chi connectivity index (χ0n) is 14.3. The number of nitrogens with one attached hydrogen (secondary N) is 2. The molecule has 0 aromatic heterocycles. The Morgan fingerprint density at radius 3 is 2.29 bits per heavy atom. The lowest BCUT2D eigenvalue weighted by Crippen LogP contribution is -2.25. The Bertz CT molecular complexity index is 1060. The summed E-state index contributed by atoms with van der Waals surface area (Å²) in [5, 5.41) is 38.6. The van der Waals surface area contributed by atoms with E-state index in [1.165, 1.54) is 0 Å². The minimum atomic E-state index is -0.416. The lowest BCUT2D eigenvalue weighted by atomic mass is 10.1. The highest BCUT2D eigenvalue weighted by Crippen LogP contribution is 2.47. The average molecular weight is 509 g/mol. The molecule has 0 aliphatic rings. The number of benzene rings is 3. The van der Waals surface area contributed by atoms with Crippen molar-refractivity contribution in [2.45, 2.75) is 0 Å². The van der Waals surface area contributed by atoms with Gasteiger partial charge in [0, 0.05) is 5.69 Å². The number of aromatic hydroxyl groups is 3. The topological polar surface area (TPSA) is 114 Å². The smallest absolute Gasteiger partial charge is 0.259 e. The summed E-state index contributed by atoms with van der Waals surface area (Å²) in [5.41, 5.74) is 3.02. The first-order valence-electron chi connectivity index (χ1n) is 8.05. The van der Waals surface area contributed by atoms with E-state index in [4.69, 9.17) is 0 Å². The average Bonchev–Trinajstić information content (AvgIpc) is 2.71. The lowest BCUT2D eigenvalue weighted by molar-refractivity contribution is -0.119. The van der Waals surface area contributed by atoms with Crippen LogP contribution in [0.3, 0.4) is 0 Å². The van der Waals surface area contributed by atoms with Crippen molar-refractivity contribution in [3.05, 3.63) is 57.0 Å². The number of amides is 1. The van der Waals surface area contributed by atoms with Gasteiger partial charge in [-0.15, -0.1) is 0 Å². The molecule has 0 bridgehead atoms. The van der Waals surface area contributed by atoms with Gasteiger partial charge in [0.1, 0.15) is 20.4 Å². The largest absolute Gasteiger partial charge is 0.506 e. The molecule has 3 aromatic rings. The molecule has 9 heteroatoms.